The van der Waals surface area contributed by atoms with Gasteiger partial charge in [0.15, 0.2) is 9.84 Å². The van der Waals surface area contributed by atoms with E-state index in [0.717, 1.165) is 12.8 Å². The fourth-order valence-electron chi connectivity index (χ4n) is 3.63. The van der Waals surface area contributed by atoms with Gasteiger partial charge in [0.1, 0.15) is 0 Å². The first-order chi connectivity index (χ1) is 11.3. The van der Waals surface area contributed by atoms with Gasteiger partial charge in [0.25, 0.3) is 0 Å². The zero-order valence-corrected chi connectivity index (χ0v) is 15.5. The number of hydrogen-bond donors (Lipinski definition) is 0. The maximum Gasteiger partial charge on any atom is 0.225 e. The minimum atomic E-state index is -3.48. The smallest absolute Gasteiger partial charge is 0.225 e. The number of carbonyl (C=O) groups excluding carboxylic acids is 1. The number of amides is 1. The van der Waals surface area contributed by atoms with Crippen molar-refractivity contribution in [3.8, 4) is 0 Å². The van der Waals surface area contributed by atoms with Crippen LogP contribution in [0.3, 0.4) is 0 Å². The zero-order chi connectivity index (χ0) is 17.4. The summed E-state index contributed by atoms with van der Waals surface area (Å²) in [6.45, 7) is 1.78. The van der Waals surface area contributed by atoms with Gasteiger partial charge in [-0.1, -0.05) is 0 Å². The van der Waals surface area contributed by atoms with Crippen molar-refractivity contribution in [2.24, 2.45) is 11.8 Å². The normalized spacial score (nSPS) is 29.2. The lowest BCUT2D eigenvalue weighted by molar-refractivity contribution is -0.132. The van der Waals surface area contributed by atoms with E-state index in [1.54, 1.807) is 4.90 Å². The van der Waals surface area contributed by atoms with E-state index in [-0.39, 0.29) is 35.0 Å². The molecule has 24 heavy (non-hydrogen) atoms. The molecule has 0 aromatic carbocycles. The molecule has 1 aliphatic carbocycles. The highest BCUT2D eigenvalue weighted by molar-refractivity contribution is 7.91. The maximum atomic E-state index is 12.7. The molecule has 138 valence electrons. The number of carbonyl (C=O) groups is 1. The lowest BCUT2D eigenvalue weighted by Gasteiger charge is -2.26. The summed E-state index contributed by atoms with van der Waals surface area (Å²) in [6, 6.07) is 0. The van der Waals surface area contributed by atoms with Crippen molar-refractivity contribution in [3.05, 3.63) is 0 Å². The first kappa shape index (κ1) is 18.1. The minimum absolute atomic E-state index is 0.0215. The van der Waals surface area contributed by atoms with E-state index in [1.807, 2.05) is 0 Å². The molecule has 1 saturated carbocycles. The van der Waals surface area contributed by atoms with Gasteiger partial charge in [0.2, 0.25) is 15.9 Å². The molecular formula is C15H26N2O5S2. The Balaban J connectivity index is 1.59. The van der Waals surface area contributed by atoms with Crippen LogP contribution >= 0.6 is 0 Å². The van der Waals surface area contributed by atoms with Crippen molar-refractivity contribution in [3.63, 3.8) is 0 Å². The van der Waals surface area contributed by atoms with Crippen LogP contribution in [-0.2, 0) is 24.7 Å². The van der Waals surface area contributed by atoms with Crippen LogP contribution in [-0.4, -0.2) is 75.4 Å². The Hall–Kier alpha value is -0.670. The first-order valence-electron chi connectivity index (χ1n) is 8.74. The Kier molecular flexibility index (Phi) is 5.22. The average Bonchev–Trinajstić information content (AvgIpc) is 3.31. The molecule has 1 atom stereocenters. The second-order valence-corrected chi connectivity index (χ2v) is 11.5. The predicted octanol–water partition coefficient (Wildman–Crippen LogP) is 0.0853. The molecule has 2 heterocycles. The molecule has 9 heteroatoms. The zero-order valence-electron chi connectivity index (χ0n) is 13.9. The Morgan fingerprint density at radius 1 is 1.00 bits per heavy atom. The number of rotatable bonds is 4. The van der Waals surface area contributed by atoms with Gasteiger partial charge in [-0.15, -0.1) is 0 Å². The number of hydrogen-bond acceptors (Lipinski definition) is 5. The van der Waals surface area contributed by atoms with Crippen molar-refractivity contribution in [1.82, 2.24) is 9.21 Å². The maximum absolute atomic E-state index is 12.7. The van der Waals surface area contributed by atoms with E-state index in [9.17, 15) is 21.6 Å². The van der Waals surface area contributed by atoms with Crippen LogP contribution in [0.1, 0.15) is 32.1 Å². The van der Waals surface area contributed by atoms with Crippen molar-refractivity contribution in [2.45, 2.75) is 32.1 Å². The Bertz CT molecular complexity index is 685. The molecule has 0 radical (unpaired) electrons. The molecule has 1 unspecified atom stereocenters. The van der Waals surface area contributed by atoms with Gasteiger partial charge in [-0.2, -0.15) is 0 Å². The molecule has 3 fully saturated rings. The SMILES string of the molecule is O=C(C1CC1)N1CCCN(S(=O)(=O)CC2CCCS(=O)(=O)C2)CC1. The largest absolute Gasteiger partial charge is 0.341 e. The second-order valence-electron chi connectivity index (χ2n) is 7.25. The van der Waals surface area contributed by atoms with Gasteiger partial charge in [0.05, 0.1) is 17.3 Å². The Morgan fingerprint density at radius 3 is 2.42 bits per heavy atom. The topological polar surface area (TPSA) is 91.8 Å². The molecule has 7 nitrogen and oxygen atoms in total. The van der Waals surface area contributed by atoms with Gasteiger partial charge in [0, 0.05) is 32.1 Å². The van der Waals surface area contributed by atoms with Crippen LogP contribution in [0.4, 0.5) is 0 Å². The average molecular weight is 379 g/mol. The lowest BCUT2D eigenvalue weighted by atomic mass is 10.1. The van der Waals surface area contributed by atoms with Crippen LogP contribution in [0.25, 0.3) is 0 Å². The van der Waals surface area contributed by atoms with Crippen molar-refractivity contribution in [2.75, 3.05) is 43.4 Å². The van der Waals surface area contributed by atoms with Crippen LogP contribution in [0.15, 0.2) is 0 Å². The number of sulfone groups is 1. The highest BCUT2D eigenvalue weighted by Gasteiger charge is 2.36. The van der Waals surface area contributed by atoms with Gasteiger partial charge in [-0.05, 0) is 38.0 Å². The Labute approximate surface area is 144 Å². The monoisotopic (exact) mass is 378 g/mol. The summed E-state index contributed by atoms with van der Waals surface area (Å²) in [7, 11) is -6.58. The number of nitrogens with zero attached hydrogens (tertiary/aromatic N) is 2. The highest BCUT2D eigenvalue weighted by Crippen LogP contribution is 2.31. The molecule has 3 aliphatic rings. The molecule has 1 amide bonds. The Morgan fingerprint density at radius 2 is 1.75 bits per heavy atom. The quantitative estimate of drug-likeness (QED) is 0.691. The number of sulfonamides is 1. The molecular weight excluding hydrogens is 352 g/mol. The van der Waals surface area contributed by atoms with Crippen molar-refractivity contribution in [1.29, 1.82) is 0 Å². The van der Waals surface area contributed by atoms with Crippen LogP contribution in [0.2, 0.25) is 0 Å². The standard InChI is InChI=1S/C15H26N2O5S2/c18-15(14-4-5-14)16-6-2-7-17(9-8-16)24(21,22)12-13-3-1-10-23(19,20)11-13/h13-14H,1-12H2. The molecule has 0 bridgehead atoms. The molecule has 0 aromatic heterocycles. The summed E-state index contributed by atoms with van der Waals surface area (Å²) >= 11 is 0. The van der Waals surface area contributed by atoms with Gasteiger partial charge >= 0.3 is 0 Å². The van der Waals surface area contributed by atoms with Crippen molar-refractivity contribution < 1.29 is 21.6 Å². The van der Waals surface area contributed by atoms with Gasteiger partial charge in [-0.25, -0.2) is 21.1 Å². The third kappa shape index (κ3) is 4.49. The lowest BCUT2D eigenvalue weighted by Crippen LogP contribution is -2.41. The molecule has 0 aromatic rings. The molecule has 2 aliphatic heterocycles. The summed E-state index contributed by atoms with van der Waals surface area (Å²) in [5.41, 5.74) is 0. The minimum Gasteiger partial charge on any atom is -0.341 e. The van der Waals surface area contributed by atoms with E-state index in [2.05, 4.69) is 0 Å². The van der Waals surface area contributed by atoms with Gasteiger partial charge < -0.3 is 4.90 Å². The fourth-order valence-corrected chi connectivity index (χ4v) is 7.42. The van der Waals surface area contributed by atoms with E-state index in [0.29, 0.717) is 45.4 Å². The van der Waals surface area contributed by atoms with Crippen LogP contribution < -0.4 is 0 Å². The summed E-state index contributed by atoms with van der Waals surface area (Å²) in [5.74, 6) is 0.0649. The van der Waals surface area contributed by atoms with Crippen molar-refractivity contribution >= 4 is 25.8 Å². The van der Waals surface area contributed by atoms with Crippen LogP contribution in [0.5, 0.6) is 0 Å². The summed E-state index contributed by atoms with van der Waals surface area (Å²) in [4.78, 5) is 13.9. The first-order valence-corrected chi connectivity index (χ1v) is 12.2. The predicted molar refractivity (Wildman–Crippen MR) is 90.7 cm³/mol. The fraction of sp³-hybridized carbons (Fsp3) is 0.933. The summed E-state index contributed by atoms with van der Waals surface area (Å²) in [5, 5.41) is 0. The van der Waals surface area contributed by atoms with E-state index < -0.39 is 19.9 Å². The van der Waals surface area contributed by atoms with Crippen LogP contribution in [0, 0.1) is 11.8 Å². The molecule has 3 rings (SSSR count). The third-order valence-electron chi connectivity index (χ3n) is 5.09. The molecule has 0 N–H and O–H groups in total. The second kappa shape index (κ2) is 6.92. The molecule has 2 saturated heterocycles. The van der Waals surface area contributed by atoms with E-state index >= 15 is 0 Å². The third-order valence-corrected chi connectivity index (χ3v) is 9.02. The summed E-state index contributed by atoms with van der Waals surface area (Å²) < 4.78 is 50.2. The highest BCUT2D eigenvalue weighted by atomic mass is 32.2. The summed E-state index contributed by atoms with van der Waals surface area (Å²) in [6.07, 6.45) is 3.74. The van der Waals surface area contributed by atoms with E-state index in [4.69, 9.17) is 0 Å². The molecule has 0 spiro atoms. The van der Waals surface area contributed by atoms with E-state index in [1.165, 1.54) is 4.31 Å². The van der Waals surface area contributed by atoms with Gasteiger partial charge in [-0.3, -0.25) is 4.79 Å².